The minimum atomic E-state index is -0.518. The maximum atomic E-state index is 12.8. The van der Waals surface area contributed by atoms with Crippen molar-refractivity contribution in [1.82, 2.24) is 4.90 Å². The van der Waals surface area contributed by atoms with Crippen LogP contribution in [0.25, 0.3) is 0 Å². The highest BCUT2D eigenvalue weighted by atomic mass is 16.6. The fourth-order valence-corrected chi connectivity index (χ4v) is 3.57. The molecule has 1 fully saturated rings. The predicted molar refractivity (Wildman–Crippen MR) is 115 cm³/mol. The molecular formula is C23H35N3O2. The molecule has 5 heteroatoms. The number of rotatable bonds is 5. The number of piperidine rings is 1. The van der Waals surface area contributed by atoms with Gasteiger partial charge in [0.1, 0.15) is 5.60 Å². The summed E-state index contributed by atoms with van der Waals surface area (Å²) in [6, 6.07) is 10.1. The first-order chi connectivity index (χ1) is 13.3. The van der Waals surface area contributed by atoms with Gasteiger partial charge in [-0.3, -0.25) is 4.99 Å². The van der Waals surface area contributed by atoms with Gasteiger partial charge in [0.2, 0.25) is 0 Å². The molecule has 1 aliphatic heterocycles. The topological polar surface area (TPSA) is 67.9 Å². The number of aliphatic imine (C=N–C) groups is 1. The molecule has 5 nitrogen and oxygen atoms in total. The van der Waals surface area contributed by atoms with Crippen LogP contribution in [-0.4, -0.2) is 34.9 Å². The van der Waals surface area contributed by atoms with E-state index >= 15 is 0 Å². The van der Waals surface area contributed by atoms with Crippen LogP contribution in [0, 0.1) is 0 Å². The van der Waals surface area contributed by atoms with Crippen LogP contribution in [0.2, 0.25) is 0 Å². The lowest BCUT2D eigenvalue weighted by molar-refractivity contribution is 0.0185. The zero-order chi connectivity index (χ0) is 20.7. The first kappa shape index (κ1) is 22.0. The Kier molecular flexibility index (Phi) is 7.67. The molecule has 0 bridgehead atoms. The second kappa shape index (κ2) is 9.76. The number of ether oxygens (including phenoxy) is 1. The molecule has 1 aromatic rings. The van der Waals surface area contributed by atoms with Crippen LogP contribution in [-0.2, 0) is 11.3 Å². The van der Waals surface area contributed by atoms with Crippen molar-refractivity contribution < 1.29 is 9.53 Å². The molecule has 1 atom stereocenters. The second-order valence-corrected chi connectivity index (χ2v) is 8.29. The third-order valence-corrected chi connectivity index (χ3v) is 4.79. The fraction of sp³-hybridized carbons (Fsp3) is 0.565. The quantitative estimate of drug-likeness (QED) is 0.770. The Morgan fingerprint density at radius 3 is 2.50 bits per heavy atom. The number of nitrogens with zero attached hydrogens (tertiary/aromatic N) is 2. The van der Waals surface area contributed by atoms with Crippen molar-refractivity contribution in [2.24, 2.45) is 10.7 Å². The number of allylic oxidation sites excluding steroid dienone is 1. The zero-order valence-electron chi connectivity index (χ0n) is 18.0. The molecule has 1 amide bonds. The van der Waals surface area contributed by atoms with Gasteiger partial charge in [0.25, 0.3) is 0 Å². The maximum absolute atomic E-state index is 12.8. The van der Waals surface area contributed by atoms with Gasteiger partial charge in [-0.15, -0.1) is 0 Å². The van der Waals surface area contributed by atoms with Crippen LogP contribution < -0.4 is 5.73 Å². The van der Waals surface area contributed by atoms with E-state index in [0.29, 0.717) is 19.5 Å². The third kappa shape index (κ3) is 5.85. The molecule has 154 valence electrons. The molecule has 0 aliphatic carbocycles. The molecule has 1 unspecified atom stereocenters. The number of hydrogen-bond acceptors (Lipinski definition) is 4. The molecule has 28 heavy (non-hydrogen) atoms. The molecule has 0 aromatic heterocycles. The Morgan fingerprint density at radius 2 is 1.93 bits per heavy atom. The van der Waals surface area contributed by atoms with Gasteiger partial charge in [-0.1, -0.05) is 50.6 Å². The highest BCUT2D eigenvalue weighted by Gasteiger charge is 2.36. The van der Waals surface area contributed by atoms with E-state index in [1.165, 1.54) is 5.56 Å². The molecular weight excluding hydrogens is 350 g/mol. The highest BCUT2D eigenvalue weighted by Crippen LogP contribution is 2.28. The first-order valence-corrected chi connectivity index (χ1v) is 10.3. The van der Waals surface area contributed by atoms with Crippen LogP contribution in [0.15, 0.2) is 46.6 Å². The van der Waals surface area contributed by atoms with E-state index in [-0.39, 0.29) is 12.1 Å². The fourth-order valence-electron chi connectivity index (χ4n) is 3.57. The Labute approximate surface area is 169 Å². The normalized spacial score (nSPS) is 21.0. The molecule has 0 spiro atoms. The molecule has 1 saturated heterocycles. The third-order valence-electron chi connectivity index (χ3n) is 4.79. The lowest BCUT2D eigenvalue weighted by Crippen LogP contribution is -2.50. The average Bonchev–Trinajstić information content (AvgIpc) is 2.65. The lowest BCUT2D eigenvalue weighted by Gasteiger charge is -2.39. The van der Waals surface area contributed by atoms with E-state index in [9.17, 15) is 4.79 Å². The number of likely N-dealkylation sites (tertiary alicyclic amines) is 1. The Morgan fingerprint density at radius 1 is 1.25 bits per heavy atom. The zero-order valence-corrected chi connectivity index (χ0v) is 18.0. The minimum absolute atomic E-state index is 0.0929. The van der Waals surface area contributed by atoms with Gasteiger partial charge in [-0.2, -0.15) is 0 Å². The van der Waals surface area contributed by atoms with Crippen LogP contribution in [0.1, 0.15) is 65.9 Å². The Hall–Kier alpha value is -2.30. The van der Waals surface area contributed by atoms with Gasteiger partial charge in [-0.25, -0.2) is 4.79 Å². The van der Waals surface area contributed by atoms with Crippen molar-refractivity contribution in [2.75, 3.05) is 6.54 Å². The number of carbonyl (C=O) groups is 1. The summed E-state index contributed by atoms with van der Waals surface area (Å²) in [6.07, 6.45) is 2.97. The molecule has 1 aliphatic rings. The van der Waals surface area contributed by atoms with E-state index in [1.54, 1.807) is 0 Å². The van der Waals surface area contributed by atoms with Gasteiger partial charge < -0.3 is 15.4 Å². The van der Waals surface area contributed by atoms with Gasteiger partial charge >= 0.3 is 6.09 Å². The summed E-state index contributed by atoms with van der Waals surface area (Å²) >= 11 is 0. The first-order valence-electron chi connectivity index (χ1n) is 10.3. The van der Waals surface area contributed by atoms with E-state index in [4.69, 9.17) is 15.5 Å². The molecule has 0 radical (unpaired) electrons. The average molecular weight is 386 g/mol. The van der Waals surface area contributed by atoms with Crippen LogP contribution in [0.3, 0.4) is 0 Å². The van der Waals surface area contributed by atoms with Crippen molar-refractivity contribution in [2.45, 2.75) is 78.5 Å². The summed E-state index contributed by atoms with van der Waals surface area (Å²) in [6.45, 7) is 11.1. The molecule has 1 aromatic carbocycles. The lowest BCUT2D eigenvalue weighted by atomic mass is 9.89. The maximum Gasteiger partial charge on any atom is 0.410 e. The number of amides is 1. The van der Waals surface area contributed by atoms with Crippen molar-refractivity contribution in [3.05, 3.63) is 47.2 Å². The number of nitrogens with two attached hydrogens (primary N) is 1. The van der Waals surface area contributed by atoms with E-state index in [0.717, 1.165) is 36.2 Å². The standard InChI is InChI=1S/C23H35N3O2/c1-6-11-18(24)21-19(25-16-17-12-9-8-10-13-17)14-15-26(20(21)7-2)22(27)28-23(3,4)5/h8-10,12-13,20H,6-7,11,14-16,24H2,1-5H3/b21-18+,25-19?. The summed E-state index contributed by atoms with van der Waals surface area (Å²) in [5.41, 5.74) is 10.0. The molecule has 2 rings (SSSR count). The molecule has 1 heterocycles. The van der Waals surface area contributed by atoms with Gasteiger partial charge in [0.05, 0.1) is 12.6 Å². The molecule has 2 N–H and O–H groups in total. The Balaban J connectivity index is 2.34. The van der Waals surface area contributed by atoms with Crippen LogP contribution in [0.5, 0.6) is 0 Å². The van der Waals surface area contributed by atoms with Crippen LogP contribution >= 0.6 is 0 Å². The monoisotopic (exact) mass is 385 g/mol. The molecule has 0 saturated carbocycles. The van der Waals surface area contributed by atoms with Crippen LogP contribution in [0.4, 0.5) is 4.79 Å². The van der Waals surface area contributed by atoms with Gasteiger partial charge in [-0.05, 0) is 39.2 Å². The summed E-state index contributed by atoms with van der Waals surface area (Å²) < 4.78 is 5.65. The summed E-state index contributed by atoms with van der Waals surface area (Å²) in [7, 11) is 0. The van der Waals surface area contributed by atoms with Crippen molar-refractivity contribution in [3.8, 4) is 0 Å². The van der Waals surface area contributed by atoms with Gasteiger partial charge in [0, 0.05) is 29.9 Å². The Bertz CT molecular complexity index is 717. The summed E-state index contributed by atoms with van der Waals surface area (Å²) in [5.74, 6) is 0. The largest absolute Gasteiger partial charge is 0.444 e. The van der Waals surface area contributed by atoms with Crippen molar-refractivity contribution >= 4 is 11.8 Å². The summed E-state index contributed by atoms with van der Waals surface area (Å²) in [5, 5.41) is 0. The second-order valence-electron chi connectivity index (χ2n) is 8.29. The summed E-state index contributed by atoms with van der Waals surface area (Å²) in [4.78, 5) is 19.5. The smallest absolute Gasteiger partial charge is 0.410 e. The minimum Gasteiger partial charge on any atom is -0.444 e. The van der Waals surface area contributed by atoms with E-state index in [2.05, 4.69) is 26.0 Å². The highest BCUT2D eigenvalue weighted by molar-refractivity contribution is 6.03. The van der Waals surface area contributed by atoms with E-state index < -0.39 is 5.60 Å². The van der Waals surface area contributed by atoms with Crippen molar-refractivity contribution in [3.63, 3.8) is 0 Å². The number of hydrogen-bond donors (Lipinski definition) is 1. The van der Waals surface area contributed by atoms with Crippen molar-refractivity contribution in [1.29, 1.82) is 0 Å². The number of benzene rings is 1. The van der Waals surface area contributed by atoms with E-state index in [1.807, 2.05) is 43.9 Å². The van der Waals surface area contributed by atoms with Gasteiger partial charge in [0.15, 0.2) is 0 Å². The SMILES string of the molecule is CCC/C(N)=C1/C(=NCc2ccccc2)CCN(C(=O)OC(C)(C)C)C1CC. The number of carbonyl (C=O) groups excluding carboxylic acids is 1. The predicted octanol–water partition coefficient (Wildman–Crippen LogP) is 5.06.